The van der Waals surface area contributed by atoms with Gasteiger partial charge in [0.25, 0.3) is 0 Å². The van der Waals surface area contributed by atoms with Crippen LogP contribution in [0.2, 0.25) is 5.02 Å². The van der Waals surface area contributed by atoms with E-state index in [1.54, 1.807) is 18.8 Å². The minimum atomic E-state index is -0.128. The van der Waals surface area contributed by atoms with E-state index in [4.69, 9.17) is 11.6 Å². The number of carbonyl (C=O) groups excluding carboxylic acids is 1. The highest BCUT2D eigenvalue weighted by Crippen LogP contribution is 2.18. The molecule has 0 amide bonds. The Morgan fingerprint density at radius 2 is 2.60 bits per heavy atom. The molecule has 2 rings (SSSR count). The highest BCUT2D eigenvalue weighted by molar-refractivity contribution is 7.99. The van der Waals surface area contributed by atoms with Crippen molar-refractivity contribution in [1.29, 1.82) is 0 Å². The van der Waals surface area contributed by atoms with E-state index in [1.807, 2.05) is 0 Å². The van der Waals surface area contributed by atoms with E-state index in [-0.39, 0.29) is 11.8 Å². The fourth-order valence-electron chi connectivity index (χ4n) is 1.59. The average molecular weight is 246 g/mol. The van der Waals surface area contributed by atoms with Gasteiger partial charge >= 0.3 is 0 Å². The number of aromatic nitrogens is 2. The van der Waals surface area contributed by atoms with Gasteiger partial charge in [0.1, 0.15) is 5.69 Å². The van der Waals surface area contributed by atoms with Gasteiger partial charge in [0.15, 0.2) is 5.78 Å². The van der Waals surface area contributed by atoms with Gasteiger partial charge in [-0.25, -0.2) is 0 Å². The Balaban J connectivity index is 2.19. The molecule has 1 aliphatic rings. The zero-order chi connectivity index (χ0) is 10.8. The van der Waals surface area contributed by atoms with Crippen LogP contribution in [0.25, 0.3) is 0 Å². The summed E-state index contributed by atoms with van der Waals surface area (Å²) < 4.78 is 1.53. The lowest BCUT2D eigenvalue weighted by Gasteiger charge is -2.21. The summed E-state index contributed by atoms with van der Waals surface area (Å²) in [4.78, 5) is 12.1. The van der Waals surface area contributed by atoms with E-state index in [1.165, 1.54) is 10.9 Å². The molecule has 1 aliphatic heterocycles. The van der Waals surface area contributed by atoms with Gasteiger partial charge in [-0.1, -0.05) is 11.6 Å². The van der Waals surface area contributed by atoms with Crippen molar-refractivity contribution in [2.24, 2.45) is 7.05 Å². The summed E-state index contributed by atoms with van der Waals surface area (Å²) in [6, 6.07) is -0.128. The molecule has 0 aromatic carbocycles. The SMILES string of the molecule is Cn1ncc(Cl)c1C(=O)C1CSCCN1. The first-order valence-corrected chi connectivity index (χ1v) is 6.26. The van der Waals surface area contributed by atoms with E-state index < -0.39 is 0 Å². The van der Waals surface area contributed by atoms with Crippen LogP contribution in [0.3, 0.4) is 0 Å². The van der Waals surface area contributed by atoms with Crippen molar-refractivity contribution in [2.45, 2.75) is 6.04 Å². The molecule has 1 fully saturated rings. The standard InChI is InChI=1S/C9H12ClN3OS/c1-13-8(6(10)4-12-13)9(14)7-5-15-3-2-11-7/h4,7,11H,2-3,5H2,1H3. The number of carbonyl (C=O) groups is 1. The van der Waals surface area contributed by atoms with Crippen LogP contribution < -0.4 is 5.32 Å². The Hall–Kier alpha value is -0.520. The molecule has 6 heteroatoms. The predicted molar refractivity (Wildman–Crippen MR) is 61.7 cm³/mol. The van der Waals surface area contributed by atoms with E-state index in [0.717, 1.165) is 18.1 Å². The summed E-state index contributed by atoms with van der Waals surface area (Å²) in [5.74, 6) is 1.90. The molecule has 1 N–H and O–H groups in total. The number of ketones is 1. The number of nitrogens with one attached hydrogen (secondary N) is 1. The molecule has 0 saturated carbocycles. The van der Waals surface area contributed by atoms with Crippen molar-refractivity contribution >= 4 is 29.1 Å². The monoisotopic (exact) mass is 245 g/mol. The van der Waals surface area contributed by atoms with E-state index in [9.17, 15) is 4.79 Å². The summed E-state index contributed by atoms with van der Waals surface area (Å²) in [6.45, 7) is 0.872. The molecule has 15 heavy (non-hydrogen) atoms. The number of Topliss-reactive ketones (excluding diaryl/α,β-unsaturated/α-hetero) is 1. The van der Waals surface area contributed by atoms with Crippen molar-refractivity contribution in [3.63, 3.8) is 0 Å². The van der Waals surface area contributed by atoms with Crippen molar-refractivity contribution in [2.75, 3.05) is 18.1 Å². The van der Waals surface area contributed by atoms with Gasteiger partial charge in [-0.05, 0) is 0 Å². The Bertz CT molecular complexity index is 354. The van der Waals surface area contributed by atoms with Crippen LogP contribution in [0, 0.1) is 0 Å². The molecule has 1 unspecified atom stereocenters. The van der Waals surface area contributed by atoms with Crippen molar-refractivity contribution in [1.82, 2.24) is 15.1 Å². The molecule has 0 spiro atoms. The van der Waals surface area contributed by atoms with Crippen molar-refractivity contribution < 1.29 is 4.79 Å². The molecule has 1 atom stereocenters. The predicted octanol–water partition coefficient (Wildman–Crippen LogP) is 0.961. The van der Waals surface area contributed by atoms with Gasteiger partial charge in [-0.15, -0.1) is 0 Å². The van der Waals surface area contributed by atoms with Gasteiger partial charge < -0.3 is 5.32 Å². The number of nitrogens with zero attached hydrogens (tertiary/aromatic N) is 2. The van der Waals surface area contributed by atoms with Crippen LogP contribution in [0.1, 0.15) is 10.5 Å². The molecule has 82 valence electrons. The molecule has 0 radical (unpaired) electrons. The van der Waals surface area contributed by atoms with Crippen LogP contribution in [0.15, 0.2) is 6.20 Å². The van der Waals surface area contributed by atoms with Gasteiger partial charge in [-0.3, -0.25) is 9.48 Å². The summed E-state index contributed by atoms with van der Waals surface area (Å²) in [6.07, 6.45) is 1.50. The molecule has 1 saturated heterocycles. The van der Waals surface area contributed by atoms with E-state index >= 15 is 0 Å². The summed E-state index contributed by atoms with van der Waals surface area (Å²) in [5, 5.41) is 7.58. The highest BCUT2D eigenvalue weighted by atomic mass is 35.5. The average Bonchev–Trinajstić information content (AvgIpc) is 2.59. The zero-order valence-corrected chi connectivity index (χ0v) is 9.94. The Labute approximate surface area is 97.4 Å². The van der Waals surface area contributed by atoms with Crippen LogP contribution in [0.5, 0.6) is 0 Å². The van der Waals surface area contributed by atoms with Crippen LogP contribution in [-0.2, 0) is 7.05 Å². The van der Waals surface area contributed by atoms with Crippen LogP contribution in [-0.4, -0.2) is 39.7 Å². The molecule has 4 nitrogen and oxygen atoms in total. The molecular formula is C9H12ClN3OS. The Kier molecular flexibility index (Phi) is 3.33. The van der Waals surface area contributed by atoms with Gasteiger partial charge in [-0.2, -0.15) is 16.9 Å². The smallest absolute Gasteiger partial charge is 0.200 e. The number of halogens is 1. The maximum absolute atomic E-state index is 12.1. The summed E-state index contributed by atoms with van der Waals surface area (Å²) in [5.41, 5.74) is 0.497. The maximum atomic E-state index is 12.1. The van der Waals surface area contributed by atoms with Gasteiger partial charge in [0, 0.05) is 25.1 Å². The second-order valence-electron chi connectivity index (χ2n) is 3.41. The number of rotatable bonds is 2. The first-order chi connectivity index (χ1) is 7.20. The van der Waals surface area contributed by atoms with Gasteiger partial charge in [0.05, 0.1) is 17.3 Å². The molecule has 2 heterocycles. The normalized spacial score (nSPS) is 21.6. The van der Waals surface area contributed by atoms with Gasteiger partial charge in [0.2, 0.25) is 0 Å². The topological polar surface area (TPSA) is 46.9 Å². The third-order valence-electron chi connectivity index (χ3n) is 2.37. The maximum Gasteiger partial charge on any atom is 0.200 e. The highest BCUT2D eigenvalue weighted by Gasteiger charge is 2.26. The number of aryl methyl sites for hydroxylation is 1. The number of hydrogen-bond acceptors (Lipinski definition) is 4. The zero-order valence-electron chi connectivity index (χ0n) is 8.36. The fraction of sp³-hybridized carbons (Fsp3) is 0.556. The fourth-order valence-corrected chi connectivity index (χ4v) is 2.78. The summed E-state index contributed by atoms with van der Waals surface area (Å²) >= 11 is 7.70. The van der Waals surface area contributed by atoms with Crippen molar-refractivity contribution in [3.8, 4) is 0 Å². The lowest BCUT2D eigenvalue weighted by Crippen LogP contribution is -2.44. The lowest BCUT2D eigenvalue weighted by atomic mass is 10.1. The summed E-state index contributed by atoms with van der Waals surface area (Å²) in [7, 11) is 1.73. The van der Waals surface area contributed by atoms with Crippen LogP contribution >= 0.6 is 23.4 Å². The van der Waals surface area contributed by atoms with Crippen molar-refractivity contribution in [3.05, 3.63) is 16.9 Å². The Morgan fingerprint density at radius 3 is 3.13 bits per heavy atom. The second-order valence-corrected chi connectivity index (χ2v) is 4.97. The minimum absolute atomic E-state index is 0.0344. The molecule has 0 aliphatic carbocycles. The van der Waals surface area contributed by atoms with E-state index in [2.05, 4.69) is 10.4 Å². The number of hydrogen-bond donors (Lipinski definition) is 1. The van der Waals surface area contributed by atoms with Crippen LogP contribution in [0.4, 0.5) is 0 Å². The molecule has 1 aromatic heterocycles. The second kappa shape index (κ2) is 4.55. The first kappa shape index (κ1) is 11.0. The third kappa shape index (κ3) is 2.19. The number of thioether (sulfide) groups is 1. The third-order valence-corrected chi connectivity index (χ3v) is 3.70. The quantitative estimate of drug-likeness (QED) is 0.789. The molecule has 0 bridgehead atoms. The molecular weight excluding hydrogens is 234 g/mol. The van der Waals surface area contributed by atoms with E-state index in [0.29, 0.717) is 10.7 Å². The largest absolute Gasteiger partial charge is 0.306 e. The molecule has 1 aromatic rings. The lowest BCUT2D eigenvalue weighted by molar-refractivity contribution is 0.0944. The minimum Gasteiger partial charge on any atom is -0.306 e. The first-order valence-electron chi connectivity index (χ1n) is 4.73. The Morgan fingerprint density at radius 1 is 1.80 bits per heavy atom.